The summed E-state index contributed by atoms with van der Waals surface area (Å²) in [6.07, 6.45) is 0.153. The van der Waals surface area contributed by atoms with Crippen molar-refractivity contribution in [3.63, 3.8) is 0 Å². The van der Waals surface area contributed by atoms with Crippen molar-refractivity contribution in [3.8, 4) is 11.5 Å². The highest BCUT2D eigenvalue weighted by Crippen LogP contribution is 2.29. The van der Waals surface area contributed by atoms with Gasteiger partial charge in [0.2, 0.25) is 16.9 Å². The third-order valence-electron chi connectivity index (χ3n) is 4.67. The summed E-state index contributed by atoms with van der Waals surface area (Å²) < 4.78 is 11.1. The topological polar surface area (TPSA) is 102 Å². The van der Waals surface area contributed by atoms with Gasteiger partial charge in [-0.3, -0.25) is 9.59 Å². The molecule has 0 saturated carbocycles. The van der Waals surface area contributed by atoms with Crippen molar-refractivity contribution in [2.75, 3.05) is 30.6 Å². The number of anilines is 2. The van der Waals surface area contributed by atoms with Gasteiger partial charge in [-0.05, 0) is 48.7 Å². The molecule has 0 fully saturated rings. The van der Waals surface area contributed by atoms with Crippen molar-refractivity contribution >= 4 is 45.7 Å². The monoisotopic (exact) mass is 472 g/mol. The molecule has 8 nitrogen and oxygen atoms in total. The van der Waals surface area contributed by atoms with E-state index in [-0.39, 0.29) is 24.0 Å². The minimum Gasteiger partial charge on any atom is -0.493 e. The van der Waals surface area contributed by atoms with Crippen LogP contribution in [0.15, 0.2) is 40.7 Å². The number of nitrogens with zero attached hydrogens (tertiary/aromatic N) is 2. The fourth-order valence-corrected chi connectivity index (χ4v) is 4.43. The normalized spacial score (nSPS) is 10.5. The van der Waals surface area contributed by atoms with Crippen LogP contribution < -0.4 is 20.1 Å². The number of thioether (sulfide) groups is 1. The minimum absolute atomic E-state index is 0.127. The lowest BCUT2D eigenvalue weighted by atomic mass is 10.1. The third-order valence-corrected chi connectivity index (χ3v) is 6.64. The molecule has 0 aliphatic rings. The Morgan fingerprint density at radius 2 is 1.78 bits per heavy atom. The summed E-state index contributed by atoms with van der Waals surface area (Å²) in [6.45, 7) is 3.97. The molecule has 3 aromatic rings. The molecule has 0 saturated heterocycles. The van der Waals surface area contributed by atoms with Crippen molar-refractivity contribution in [2.45, 2.75) is 24.6 Å². The summed E-state index contributed by atoms with van der Waals surface area (Å²) in [4.78, 5) is 24.6. The van der Waals surface area contributed by atoms with Gasteiger partial charge in [0.05, 0.1) is 26.4 Å². The van der Waals surface area contributed by atoms with E-state index >= 15 is 0 Å². The van der Waals surface area contributed by atoms with E-state index in [9.17, 15) is 9.59 Å². The number of ether oxygens (including phenoxy) is 2. The molecular weight excluding hydrogens is 448 g/mol. The summed E-state index contributed by atoms with van der Waals surface area (Å²) in [6, 6.07) is 11.1. The summed E-state index contributed by atoms with van der Waals surface area (Å²) in [7, 11) is 3.10. The van der Waals surface area contributed by atoms with Crippen LogP contribution in [0.25, 0.3) is 0 Å². The van der Waals surface area contributed by atoms with Gasteiger partial charge in [-0.2, -0.15) is 0 Å². The highest BCUT2D eigenvalue weighted by molar-refractivity contribution is 8.01. The lowest BCUT2D eigenvalue weighted by Gasteiger charge is -2.09. The summed E-state index contributed by atoms with van der Waals surface area (Å²) >= 11 is 2.49. The molecular formula is C22H24N4O4S2. The average molecular weight is 473 g/mol. The van der Waals surface area contributed by atoms with Crippen LogP contribution in [0.2, 0.25) is 0 Å². The number of hydrogen-bond donors (Lipinski definition) is 2. The number of rotatable bonds is 9. The number of amides is 2. The zero-order valence-electron chi connectivity index (χ0n) is 18.2. The van der Waals surface area contributed by atoms with Gasteiger partial charge in [0.1, 0.15) is 0 Å². The van der Waals surface area contributed by atoms with E-state index in [2.05, 4.69) is 20.8 Å². The molecule has 0 radical (unpaired) electrons. The Balaban J connectivity index is 1.50. The van der Waals surface area contributed by atoms with Crippen LogP contribution in [0.4, 0.5) is 10.8 Å². The first kappa shape index (κ1) is 23.6. The van der Waals surface area contributed by atoms with Crippen LogP contribution in [0.5, 0.6) is 11.5 Å². The highest BCUT2D eigenvalue weighted by Gasteiger charge is 2.13. The third kappa shape index (κ3) is 6.21. The lowest BCUT2D eigenvalue weighted by molar-refractivity contribution is -0.115. The van der Waals surface area contributed by atoms with Crippen molar-refractivity contribution in [2.24, 2.45) is 0 Å². The molecule has 0 unspecified atom stereocenters. The smallest absolute Gasteiger partial charge is 0.234 e. The second-order valence-corrected chi connectivity index (χ2v) is 9.07. The van der Waals surface area contributed by atoms with Crippen LogP contribution in [0, 0.1) is 13.8 Å². The largest absolute Gasteiger partial charge is 0.493 e. The molecule has 0 aliphatic carbocycles. The first-order chi connectivity index (χ1) is 15.4. The van der Waals surface area contributed by atoms with E-state index in [0.717, 1.165) is 22.4 Å². The van der Waals surface area contributed by atoms with E-state index in [0.29, 0.717) is 21.0 Å². The molecule has 3 rings (SSSR count). The van der Waals surface area contributed by atoms with Crippen molar-refractivity contribution in [1.29, 1.82) is 0 Å². The number of aromatic nitrogens is 2. The number of carbonyl (C=O) groups is 2. The number of aryl methyl sites for hydroxylation is 1. The van der Waals surface area contributed by atoms with Gasteiger partial charge < -0.3 is 20.1 Å². The van der Waals surface area contributed by atoms with Crippen LogP contribution in [0.1, 0.15) is 16.7 Å². The molecule has 168 valence electrons. The Morgan fingerprint density at radius 1 is 1.00 bits per heavy atom. The number of nitrogens with one attached hydrogen (secondary N) is 2. The second kappa shape index (κ2) is 11.0. The summed E-state index contributed by atoms with van der Waals surface area (Å²) in [5.41, 5.74) is 3.74. The lowest BCUT2D eigenvalue weighted by Crippen LogP contribution is -2.15. The SMILES string of the molecule is COc1ccc(CC(=O)Nc2nnc(SCC(=O)Nc3cccc(C)c3C)s2)cc1OC. The second-order valence-electron chi connectivity index (χ2n) is 6.87. The molecule has 10 heteroatoms. The van der Waals surface area contributed by atoms with Crippen molar-refractivity contribution < 1.29 is 19.1 Å². The van der Waals surface area contributed by atoms with Gasteiger partial charge in [0.25, 0.3) is 0 Å². The van der Waals surface area contributed by atoms with E-state index in [1.807, 2.05) is 32.0 Å². The maximum Gasteiger partial charge on any atom is 0.234 e. The van der Waals surface area contributed by atoms with Crippen molar-refractivity contribution in [3.05, 3.63) is 53.1 Å². The molecule has 0 spiro atoms. The quantitative estimate of drug-likeness (QED) is 0.357. The van der Waals surface area contributed by atoms with Gasteiger partial charge in [0, 0.05) is 5.69 Å². The molecule has 0 atom stereocenters. The van der Waals surface area contributed by atoms with Gasteiger partial charge >= 0.3 is 0 Å². The van der Waals surface area contributed by atoms with Gasteiger partial charge in [0.15, 0.2) is 15.8 Å². The molecule has 0 bridgehead atoms. The van der Waals surface area contributed by atoms with Crippen LogP contribution in [0.3, 0.4) is 0 Å². The fourth-order valence-electron chi connectivity index (χ4n) is 2.86. The predicted octanol–water partition coefficient (Wildman–Crippen LogP) is 4.08. The average Bonchev–Trinajstić information content (AvgIpc) is 3.22. The van der Waals surface area contributed by atoms with E-state index in [1.54, 1.807) is 32.4 Å². The van der Waals surface area contributed by atoms with Crippen LogP contribution >= 0.6 is 23.1 Å². The molecule has 2 N–H and O–H groups in total. The fraction of sp³-hybridized carbons (Fsp3) is 0.273. The number of carbonyl (C=O) groups excluding carboxylic acids is 2. The van der Waals surface area contributed by atoms with Gasteiger partial charge in [-0.15, -0.1) is 10.2 Å². The Kier molecular flexibility index (Phi) is 8.07. The maximum atomic E-state index is 12.4. The zero-order valence-corrected chi connectivity index (χ0v) is 19.9. The molecule has 2 amide bonds. The standard InChI is InChI=1S/C22H24N4O4S2/c1-13-6-5-7-16(14(13)2)23-20(28)12-31-22-26-25-21(32-22)24-19(27)11-15-8-9-17(29-3)18(10-15)30-4/h5-10H,11-12H2,1-4H3,(H,23,28)(H,24,25,27). The molecule has 2 aromatic carbocycles. The predicted molar refractivity (Wildman–Crippen MR) is 127 cm³/mol. The molecule has 1 aromatic heterocycles. The Labute approximate surface area is 194 Å². The van der Waals surface area contributed by atoms with E-state index < -0.39 is 0 Å². The van der Waals surface area contributed by atoms with Crippen LogP contribution in [-0.2, 0) is 16.0 Å². The van der Waals surface area contributed by atoms with E-state index in [1.165, 1.54) is 23.1 Å². The Bertz CT molecular complexity index is 1120. The minimum atomic E-state index is -0.224. The molecule has 32 heavy (non-hydrogen) atoms. The first-order valence-corrected chi connectivity index (χ1v) is 11.5. The number of hydrogen-bond acceptors (Lipinski definition) is 8. The Morgan fingerprint density at radius 3 is 2.53 bits per heavy atom. The number of methoxy groups -OCH3 is 2. The van der Waals surface area contributed by atoms with E-state index in [4.69, 9.17) is 9.47 Å². The van der Waals surface area contributed by atoms with Gasteiger partial charge in [-0.1, -0.05) is 41.3 Å². The summed E-state index contributed by atoms with van der Waals surface area (Å²) in [5, 5.41) is 14.1. The summed E-state index contributed by atoms with van der Waals surface area (Å²) in [5.74, 6) is 1.01. The number of benzene rings is 2. The molecule has 0 aliphatic heterocycles. The van der Waals surface area contributed by atoms with Gasteiger partial charge in [-0.25, -0.2) is 0 Å². The first-order valence-electron chi connectivity index (χ1n) is 9.72. The van der Waals surface area contributed by atoms with Crippen LogP contribution in [-0.4, -0.2) is 42.0 Å². The highest BCUT2D eigenvalue weighted by atomic mass is 32.2. The zero-order chi connectivity index (χ0) is 23.1. The van der Waals surface area contributed by atoms with Crippen molar-refractivity contribution in [1.82, 2.24) is 10.2 Å². The molecule has 1 heterocycles. The Hall–Kier alpha value is -3.11. The maximum absolute atomic E-state index is 12.4.